The molecule has 0 aliphatic carbocycles. The second-order valence-electron chi connectivity index (χ2n) is 4.78. The summed E-state index contributed by atoms with van der Waals surface area (Å²) in [5, 5.41) is 6.68. The van der Waals surface area contributed by atoms with Gasteiger partial charge in [-0.25, -0.2) is 0 Å². The minimum Gasteiger partial charge on any atom is -0.354 e. The van der Waals surface area contributed by atoms with Crippen LogP contribution in [0, 0.1) is 34.6 Å². The van der Waals surface area contributed by atoms with E-state index in [-0.39, 0.29) is 0 Å². The van der Waals surface area contributed by atoms with Gasteiger partial charge in [-0.05, 0) is 62.4 Å². The Morgan fingerprint density at radius 3 is 1.88 bits per heavy atom. The Kier molecular flexibility index (Phi) is 3.09. The zero-order valence-corrected chi connectivity index (χ0v) is 11.4. The van der Waals surface area contributed by atoms with Crippen molar-refractivity contribution in [2.24, 2.45) is 4.99 Å². The lowest BCUT2D eigenvalue weighted by Crippen LogP contribution is -2.27. The molecular weight excluding hydrogens is 210 g/mol. The first-order chi connectivity index (χ1) is 8.02. The molecule has 2 rings (SSSR count). The summed E-state index contributed by atoms with van der Waals surface area (Å²) in [5.41, 5.74) is 7.98. The summed E-state index contributed by atoms with van der Waals surface area (Å²) in [7, 11) is 0. The van der Waals surface area contributed by atoms with Gasteiger partial charge in [0, 0.05) is 12.2 Å². The van der Waals surface area contributed by atoms with Crippen LogP contribution >= 0.6 is 0 Å². The first-order valence-corrected chi connectivity index (χ1v) is 6.14. The number of aliphatic imine (C=N–C) groups is 1. The average Bonchev–Trinajstić information content (AvgIpc) is 2.82. The third-order valence-electron chi connectivity index (χ3n) is 3.92. The van der Waals surface area contributed by atoms with Crippen LogP contribution in [-0.2, 0) is 0 Å². The average molecular weight is 231 g/mol. The molecule has 0 amide bonds. The zero-order valence-electron chi connectivity index (χ0n) is 11.4. The number of hydrogen-bond donors (Lipinski definition) is 2. The molecular formula is C14H21N3. The first-order valence-electron chi connectivity index (χ1n) is 6.14. The van der Waals surface area contributed by atoms with Gasteiger partial charge in [-0.1, -0.05) is 0 Å². The highest BCUT2D eigenvalue weighted by molar-refractivity contribution is 5.96. The fraction of sp³-hybridized carbons (Fsp3) is 0.500. The van der Waals surface area contributed by atoms with E-state index in [1.807, 2.05) is 0 Å². The van der Waals surface area contributed by atoms with Crippen molar-refractivity contribution in [3.05, 3.63) is 27.8 Å². The van der Waals surface area contributed by atoms with Crippen molar-refractivity contribution >= 4 is 11.6 Å². The van der Waals surface area contributed by atoms with Crippen LogP contribution in [-0.4, -0.2) is 19.0 Å². The van der Waals surface area contributed by atoms with E-state index in [1.54, 1.807) is 0 Å². The molecule has 1 aromatic rings. The first kappa shape index (κ1) is 12.0. The van der Waals surface area contributed by atoms with E-state index in [9.17, 15) is 0 Å². The maximum Gasteiger partial charge on any atom is 0.195 e. The molecule has 0 bridgehead atoms. The van der Waals surface area contributed by atoms with Crippen molar-refractivity contribution < 1.29 is 0 Å². The number of anilines is 1. The highest BCUT2D eigenvalue weighted by atomic mass is 15.2. The molecule has 0 spiro atoms. The van der Waals surface area contributed by atoms with Crippen molar-refractivity contribution in [3.63, 3.8) is 0 Å². The molecule has 2 N–H and O–H groups in total. The summed E-state index contributed by atoms with van der Waals surface area (Å²) in [4.78, 5) is 4.39. The Labute approximate surface area is 103 Å². The van der Waals surface area contributed by atoms with E-state index < -0.39 is 0 Å². The van der Waals surface area contributed by atoms with Crippen molar-refractivity contribution in [3.8, 4) is 0 Å². The molecule has 1 aromatic carbocycles. The molecule has 17 heavy (non-hydrogen) atoms. The van der Waals surface area contributed by atoms with E-state index in [4.69, 9.17) is 0 Å². The molecule has 0 radical (unpaired) electrons. The van der Waals surface area contributed by atoms with Crippen LogP contribution in [0.2, 0.25) is 0 Å². The second kappa shape index (κ2) is 4.40. The normalized spacial score (nSPS) is 14.5. The summed E-state index contributed by atoms with van der Waals surface area (Å²) >= 11 is 0. The van der Waals surface area contributed by atoms with Crippen LogP contribution in [0.25, 0.3) is 0 Å². The highest BCUT2D eigenvalue weighted by Crippen LogP contribution is 2.30. The molecule has 1 aliphatic rings. The molecule has 0 fully saturated rings. The zero-order chi connectivity index (χ0) is 12.6. The predicted molar refractivity (Wildman–Crippen MR) is 74.1 cm³/mol. The lowest BCUT2D eigenvalue weighted by molar-refractivity contribution is 0.959. The van der Waals surface area contributed by atoms with E-state index >= 15 is 0 Å². The summed E-state index contributed by atoms with van der Waals surface area (Å²) in [6, 6.07) is 0. The van der Waals surface area contributed by atoms with E-state index in [0.29, 0.717) is 0 Å². The Morgan fingerprint density at radius 1 is 0.882 bits per heavy atom. The summed E-state index contributed by atoms with van der Waals surface area (Å²) < 4.78 is 0. The van der Waals surface area contributed by atoms with Gasteiger partial charge in [-0.3, -0.25) is 4.99 Å². The Hall–Kier alpha value is -1.51. The molecule has 0 unspecified atom stereocenters. The molecule has 0 atom stereocenters. The minimum absolute atomic E-state index is 0.865. The van der Waals surface area contributed by atoms with Gasteiger partial charge in [0.1, 0.15) is 0 Å². The van der Waals surface area contributed by atoms with Gasteiger partial charge >= 0.3 is 0 Å². The number of rotatable bonds is 1. The van der Waals surface area contributed by atoms with Crippen molar-refractivity contribution in [2.75, 3.05) is 18.4 Å². The lowest BCUT2D eigenvalue weighted by Gasteiger charge is -2.19. The third-order valence-corrected chi connectivity index (χ3v) is 3.92. The summed E-state index contributed by atoms with van der Waals surface area (Å²) in [6.07, 6.45) is 0. The molecule has 1 aliphatic heterocycles. The number of nitrogens with zero attached hydrogens (tertiary/aromatic N) is 1. The van der Waals surface area contributed by atoms with Gasteiger partial charge in [0.15, 0.2) is 5.96 Å². The van der Waals surface area contributed by atoms with Gasteiger partial charge in [0.2, 0.25) is 0 Å². The van der Waals surface area contributed by atoms with Crippen molar-refractivity contribution in [1.29, 1.82) is 0 Å². The Morgan fingerprint density at radius 2 is 1.41 bits per heavy atom. The molecule has 3 nitrogen and oxygen atoms in total. The van der Waals surface area contributed by atoms with Crippen molar-refractivity contribution in [1.82, 2.24) is 5.32 Å². The molecule has 1 heterocycles. The SMILES string of the molecule is Cc1c(C)c(C)c(NC2=NCCN2)c(C)c1C. The molecule has 3 heteroatoms. The standard InChI is InChI=1S/C14H21N3/c1-8-9(2)11(4)13(12(5)10(8)3)17-14-15-6-7-16-14/h6-7H2,1-5H3,(H2,15,16,17). The van der Waals surface area contributed by atoms with Crippen LogP contribution in [0.5, 0.6) is 0 Å². The van der Waals surface area contributed by atoms with E-state index in [0.717, 1.165) is 19.0 Å². The maximum absolute atomic E-state index is 4.39. The summed E-state index contributed by atoms with van der Waals surface area (Å²) in [6.45, 7) is 12.7. The van der Waals surface area contributed by atoms with Crippen LogP contribution in [0.1, 0.15) is 27.8 Å². The number of hydrogen-bond acceptors (Lipinski definition) is 3. The maximum atomic E-state index is 4.39. The molecule has 0 saturated heterocycles. The topological polar surface area (TPSA) is 36.4 Å². The van der Waals surface area contributed by atoms with Gasteiger partial charge in [0.25, 0.3) is 0 Å². The van der Waals surface area contributed by atoms with E-state index in [1.165, 1.54) is 33.5 Å². The largest absolute Gasteiger partial charge is 0.354 e. The van der Waals surface area contributed by atoms with Gasteiger partial charge in [-0.2, -0.15) is 0 Å². The summed E-state index contributed by atoms with van der Waals surface area (Å²) in [5.74, 6) is 0.902. The second-order valence-corrected chi connectivity index (χ2v) is 4.78. The lowest BCUT2D eigenvalue weighted by atomic mass is 9.93. The third kappa shape index (κ3) is 2.02. The number of nitrogens with one attached hydrogen (secondary N) is 2. The van der Waals surface area contributed by atoms with Crippen LogP contribution in [0.4, 0.5) is 5.69 Å². The van der Waals surface area contributed by atoms with Crippen molar-refractivity contribution in [2.45, 2.75) is 34.6 Å². The van der Waals surface area contributed by atoms with Crippen LogP contribution < -0.4 is 10.6 Å². The minimum atomic E-state index is 0.865. The van der Waals surface area contributed by atoms with Crippen LogP contribution in [0.15, 0.2) is 4.99 Å². The fourth-order valence-electron chi connectivity index (χ4n) is 2.29. The van der Waals surface area contributed by atoms with Gasteiger partial charge in [-0.15, -0.1) is 0 Å². The molecule has 0 saturated carbocycles. The Balaban J connectivity index is 2.46. The monoisotopic (exact) mass is 231 g/mol. The van der Waals surface area contributed by atoms with Crippen LogP contribution in [0.3, 0.4) is 0 Å². The molecule has 92 valence electrons. The van der Waals surface area contributed by atoms with Gasteiger partial charge in [0.05, 0.1) is 6.54 Å². The smallest absolute Gasteiger partial charge is 0.195 e. The van der Waals surface area contributed by atoms with Gasteiger partial charge < -0.3 is 10.6 Å². The Bertz CT molecular complexity index is 458. The highest BCUT2D eigenvalue weighted by Gasteiger charge is 2.14. The fourth-order valence-corrected chi connectivity index (χ4v) is 2.29. The molecule has 0 aromatic heterocycles. The quantitative estimate of drug-likeness (QED) is 0.779. The van der Waals surface area contributed by atoms with E-state index in [2.05, 4.69) is 50.2 Å². The predicted octanol–water partition coefficient (Wildman–Crippen LogP) is 2.60. The number of guanidine groups is 1. The number of benzene rings is 1.